The Hall–Kier alpha value is -2.45. The van der Waals surface area contributed by atoms with E-state index in [0.717, 1.165) is 5.56 Å². The molecule has 0 unspecified atom stereocenters. The first-order valence-electron chi connectivity index (χ1n) is 8.28. The first-order chi connectivity index (χ1) is 13.0. The van der Waals surface area contributed by atoms with Gasteiger partial charge in [-0.15, -0.1) is 10.2 Å². The number of rotatable bonds is 7. The summed E-state index contributed by atoms with van der Waals surface area (Å²) < 4.78 is 13.9. The Balaban J connectivity index is 1.52. The van der Waals surface area contributed by atoms with Crippen LogP contribution in [0.4, 0.5) is 15.2 Å². The Bertz CT molecular complexity index is 931. The quantitative estimate of drug-likeness (QED) is 0.591. The van der Waals surface area contributed by atoms with Crippen LogP contribution in [0.25, 0.3) is 0 Å². The molecule has 1 heterocycles. The normalized spacial score (nSPS) is 10.6. The molecule has 0 aliphatic heterocycles. The highest BCUT2D eigenvalue weighted by molar-refractivity contribution is 8.01. The molecule has 0 saturated carbocycles. The van der Waals surface area contributed by atoms with Crippen LogP contribution in [0.15, 0.2) is 52.9 Å². The fraction of sp³-hybridized carbons (Fsp3) is 0.211. The van der Waals surface area contributed by atoms with Gasteiger partial charge in [0.25, 0.3) is 0 Å². The summed E-state index contributed by atoms with van der Waals surface area (Å²) in [4.78, 5) is 14.1. The number of thioether (sulfide) groups is 1. The zero-order valence-corrected chi connectivity index (χ0v) is 16.6. The molecule has 8 heteroatoms. The minimum absolute atomic E-state index is 0.0260. The van der Waals surface area contributed by atoms with Crippen molar-refractivity contribution in [2.75, 3.05) is 18.1 Å². The third kappa shape index (κ3) is 5.51. The number of aryl methyl sites for hydroxylation is 1. The number of aromatic nitrogens is 2. The zero-order valence-electron chi connectivity index (χ0n) is 15.0. The van der Waals surface area contributed by atoms with Crippen molar-refractivity contribution in [2.24, 2.45) is 0 Å². The molecule has 0 fully saturated rings. The molecule has 140 valence electrons. The van der Waals surface area contributed by atoms with Gasteiger partial charge in [0.2, 0.25) is 11.0 Å². The molecular weight excluding hydrogens is 383 g/mol. The Labute approximate surface area is 165 Å². The van der Waals surface area contributed by atoms with Gasteiger partial charge in [-0.1, -0.05) is 53.4 Å². The number of hydrogen-bond acceptors (Lipinski definition) is 6. The van der Waals surface area contributed by atoms with E-state index in [-0.39, 0.29) is 17.5 Å². The van der Waals surface area contributed by atoms with Crippen LogP contribution in [0.2, 0.25) is 0 Å². The van der Waals surface area contributed by atoms with Gasteiger partial charge in [-0.25, -0.2) is 4.39 Å². The average Bonchev–Trinajstić information content (AvgIpc) is 3.09. The van der Waals surface area contributed by atoms with E-state index in [4.69, 9.17) is 0 Å². The van der Waals surface area contributed by atoms with Gasteiger partial charge in [-0.05, 0) is 36.2 Å². The van der Waals surface area contributed by atoms with Crippen LogP contribution in [0.3, 0.4) is 0 Å². The minimum Gasteiger partial charge on any atom is -0.341 e. The number of nitrogens with zero attached hydrogens (tertiary/aromatic N) is 3. The second-order valence-corrected chi connectivity index (χ2v) is 8.17. The molecule has 1 aromatic heterocycles. The van der Waals surface area contributed by atoms with Gasteiger partial charge in [0.1, 0.15) is 5.82 Å². The van der Waals surface area contributed by atoms with E-state index in [0.29, 0.717) is 21.7 Å². The topological polar surface area (TPSA) is 58.1 Å². The van der Waals surface area contributed by atoms with Crippen LogP contribution in [0.1, 0.15) is 11.1 Å². The summed E-state index contributed by atoms with van der Waals surface area (Å²) in [5.41, 5.74) is 2.91. The van der Waals surface area contributed by atoms with Gasteiger partial charge < -0.3 is 10.2 Å². The van der Waals surface area contributed by atoms with Crippen molar-refractivity contribution in [3.05, 3.63) is 65.5 Å². The molecule has 0 radical (unpaired) electrons. The second-order valence-electron chi connectivity index (χ2n) is 5.97. The van der Waals surface area contributed by atoms with E-state index < -0.39 is 0 Å². The van der Waals surface area contributed by atoms with Gasteiger partial charge in [0.05, 0.1) is 5.75 Å². The number of nitrogens with one attached hydrogen (secondary N) is 1. The monoisotopic (exact) mass is 402 g/mol. The summed E-state index contributed by atoms with van der Waals surface area (Å²) in [5, 5.41) is 11.7. The molecule has 1 amide bonds. The molecule has 0 bridgehead atoms. The van der Waals surface area contributed by atoms with E-state index in [1.54, 1.807) is 24.1 Å². The largest absolute Gasteiger partial charge is 0.341 e. The van der Waals surface area contributed by atoms with Crippen molar-refractivity contribution in [3.8, 4) is 0 Å². The summed E-state index contributed by atoms with van der Waals surface area (Å²) in [5.74, 6) is -0.00347. The first-order valence-corrected chi connectivity index (χ1v) is 10.1. The van der Waals surface area contributed by atoms with Gasteiger partial charge in [0.15, 0.2) is 4.34 Å². The van der Waals surface area contributed by atoms with Crippen LogP contribution >= 0.6 is 23.1 Å². The van der Waals surface area contributed by atoms with Crippen molar-refractivity contribution in [1.29, 1.82) is 0 Å². The van der Waals surface area contributed by atoms with E-state index in [1.807, 2.05) is 31.2 Å². The third-order valence-corrected chi connectivity index (χ3v) is 5.85. The van der Waals surface area contributed by atoms with Crippen LogP contribution in [0.5, 0.6) is 0 Å². The number of amides is 1. The predicted octanol–water partition coefficient (Wildman–Crippen LogP) is 4.48. The lowest BCUT2D eigenvalue weighted by atomic mass is 10.1. The number of halogens is 1. The molecule has 0 saturated heterocycles. The Morgan fingerprint density at radius 3 is 2.81 bits per heavy atom. The molecule has 2 aromatic carbocycles. The molecule has 0 aliphatic carbocycles. The number of benzene rings is 2. The van der Waals surface area contributed by atoms with Crippen molar-refractivity contribution in [1.82, 2.24) is 15.1 Å². The average molecular weight is 403 g/mol. The SMILES string of the molecule is Cc1ccccc1CN(C)C(=O)CSc1nnc(Nc2cccc(F)c2)s1. The molecule has 27 heavy (non-hydrogen) atoms. The van der Waals surface area contributed by atoms with Crippen LogP contribution < -0.4 is 5.32 Å². The lowest BCUT2D eigenvalue weighted by molar-refractivity contribution is -0.127. The third-order valence-electron chi connectivity index (χ3n) is 3.90. The Morgan fingerprint density at radius 1 is 1.22 bits per heavy atom. The molecule has 0 aliphatic rings. The first kappa shape index (κ1) is 19.3. The molecular formula is C19H19FN4OS2. The fourth-order valence-corrected chi connectivity index (χ4v) is 4.09. The summed E-state index contributed by atoms with van der Waals surface area (Å²) in [6, 6.07) is 14.2. The molecule has 0 atom stereocenters. The standard InChI is InChI=1S/C19H19FN4OS2/c1-13-6-3-4-7-14(13)11-24(2)17(25)12-26-19-23-22-18(27-19)21-16-9-5-8-15(20)10-16/h3-10H,11-12H2,1-2H3,(H,21,22). The fourth-order valence-electron chi connectivity index (χ4n) is 2.37. The molecule has 0 spiro atoms. The van der Waals surface area contributed by atoms with Crippen LogP contribution in [-0.4, -0.2) is 33.8 Å². The van der Waals surface area contributed by atoms with Crippen molar-refractivity contribution < 1.29 is 9.18 Å². The number of carbonyl (C=O) groups excluding carboxylic acids is 1. The highest BCUT2D eigenvalue weighted by Crippen LogP contribution is 2.28. The van der Waals surface area contributed by atoms with Gasteiger partial charge in [-0.2, -0.15) is 0 Å². The lowest BCUT2D eigenvalue weighted by Crippen LogP contribution is -2.28. The maximum absolute atomic E-state index is 13.2. The summed E-state index contributed by atoms with van der Waals surface area (Å²) >= 11 is 2.68. The maximum atomic E-state index is 13.2. The van der Waals surface area contributed by atoms with E-state index in [1.165, 1.54) is 40.8 Å². The molecule has 3 rings (SSSR count). The van der Waals surface area contributed by atoms with Gasteiger partial charge in [-0.3, -0.25) is 4.79 Å². The number of anilines is 2. The summed E-state index contributed by atoms with van der Waals surface area (Å²) in [7, 11) is 1.80. The van der Waals surface area contributed by atoms with Gasteiger partial charge >= 0.3 is 0 Å². The van der Waals surface area contributed by atoms with Crippen molar-refractivity contribution in [3.63, 3.8) is 0 Å². The smallest absolute Gasteiger partial charge is 0.233 e. The van der Waals surface area contributed by atoms with E-state index in [9.17, 15) is 9.18 Å². The highest BCUT2D eigenvalue weighted by atomic mass is 32.2. The molecule has 5 nitrogen and oxygen atoms in total. The molecule has 1 N–H and O–H groups in total. The summed E-state index contributed by atoms with van der Waals surface area (Å²) in [6.45, 7) is 2.62. The summed E-state index contributed by atoms with van der Waals surface area (Å²) in [6.07, 6.45) is 0. The van der Waals surface area contributed by atoms with Crippen LogP contribution in [0, 0.1) is 12.7 Å². The second kappa shape index (κ2) is 8.96. The molecule has 3 aromatic rings. The lowest BCUT2D eigenvalue weighted by Gasteiger charge is -2.18. The highest BCUT2D eigenvalue weighted by Gasteiger charge is 2.13. The minimum atomic E-state index is -0.318. The Kier molecular flexibility index (Phi) is 6.41. The van der Waals surface area contributed by atoms with Crippen molar-refractivity contribution >= 4 is 39.8 Å². The maximum Gasteiger partial charge on any atom is 0.233 e. The number of carbonyl (C=O) groups is 1. The van der Waals surface area contributed by atoms with E-state index >= 15 is 0 Å². The predicted molar refractivity (Wildman–Crippen MR) is 108 cm³/mol. The Morgan fingerprint density at radius 2 is 2.04 bits per heavy atom. The van der Waals surface area contributed by atoms with Gasteiger partial charge in [0, 0.05) is 19.3 Å². The van der Waals surface area contributed by atoms with Crippen LogP contribution in [-0.2, 0) is 11.3 Å². The number of hydrogen-bond donors (Lipinski definition) is 1. The van der Waals surface area contributed by atoms with E-state index in [2.05, 4.69) is 15.5 Å². The van der Waals surface area contributed by atoms with Crippen molar-refractivity contribution in [2.45, 2.75) is 17.8 Å². The zero-order chi connectivity index (χ0) is 19.2.